The number of amides is 2. The number of hydrogen-bond donors (Lipinski definition) is 4. The van der Waals surface area contributed by atoms with Crippen LogP contribution in [0.15, 0.2) is 42.5 Å². The molecule has 13 nitrogen and oxygen atoms in total. The first kappa shape index (κ1) is 35.3. The summed E-state index contributed by atoms with van der Waals surface area (Å²) in [6, 6.07) is 11.7. The van der Waals surface area contributed by atoms with Crippen molar-refractivity contribution in [1.29, 1.82) is 0 Å². The van der Waals surface area contributed by atoms with Crippen molar-refractivity contribution in [2.24, 2.45) is 0 Å². The van der Waals surface area contributed by atoms with Crippen LogP contribution in [-0.4, -0.2) is 72.3 Å². The van der Waals surface area contributed by atoms with Crippen molar-refractivity contribution < 1.29 is 27.8 Å². The number of benzene rings is 3. The van der Waals surface area contributed by atoms with Gasteiger partial charge in [0.05, 0.1) is 36.8 Å². The summed E-state index contributed by atoms with van der Waals surface area (Å²) in [6.07, 6.45) is 3.66. The van der Waals surface area contributed by atoms with Crippen LogP contribution in [0.2, 0.25) is 5.02 Å². The van der Waals surface area contributed by atoms with Crippen LogP contribution in [0.1, 0.15) is 49.7 Å². The van der Waals surface area contributed by atoms with Crippen LogP contribution in [0.5, 0.6) is 17.2 Å². The Morgan fingerprint density at radius 2 is 1.74 bits per heavy atom. The van der Waals surface area contributed by atoms with E-state index in [1.165, 1.54) is 7.11 Å². The molecule has 0 unspecified atom stereocenters. The fraction of sp³-hybridized carbons (Fsp3) is 0.400. The summed E-state index contributed by atoms with van der Waals surface area (Å²) >= 11 is 6.16. The fourth-order valence-corrected chi connectivity index (χ4v) is 7.14. The molecular formula is C35H42ClN7O6S. The van der Waals surface area contributed by atoms with Gasteiger partial charge in [-0.15, -0.1) is 10.2 Å². The number of sulfonamides is 1. The number of urea groups is 1. The number of rotatable bonds is 10. The topological polar surface area (TPSA) is 160 Å². The van der Waals surface area contributed by atoms with Gasteiger partial charge in [0.15, 0.2) is 11.6 Å². The van der Waals surface area contributed by atoms with Gasteiger partial charge in [0.25, 0.3) is 0 Å². The number of phenols is 1. The Morgan fingerprint density at radius 1 is 1.00 bits per heavy atom. The molecule has 0 atom stereocenters. The third-order valence-electron chi connectivity index (χ3n) is 8.89. The highest BCUT2D eigenvalue weighted by molar-refractivity contribution is 7.92. The van der Waals surface area contributed by atoms with Crippen molar-refractivity contribution in [2.75, 3.05) is 48.4 Å². The summed E-state index contributed by atoms with van der Waals surface area (Å²) in [5.74, 6) is 2.53. The minimum atomic E-state index is -3.60. The molecule has 15 heteroatoms. The second kappa shape index (κ2) is 14.0. The second-order valence-corrected chi connectivity index (χ2v) is 15.8. The molecule has 50 heavy (non-hydrogen) atoms. The normalized spacial score (nSPS) is 14.5. The fourth-order valence-electron chi connectivity index (χ4n) is 6.42. The van der Waals surface area contributed by atoms with Crippen LogP contribution in [0.4, 0.5) is 21.9 Å². The van der Waals surface area contributed by atoms with E-state index in [-0.39, 0.29) is 22.6 Å². The molecule has 3 aromatic carbocycles. The molecule has 1 aliphatic carbocycles. The molecule has 2 aliphatic rings. The van der Waals surface area contributed by atoms with E-state index in [4.69, 9.17) is 21.1 Å². The molecule has 2 amide bonds. The molecule has 6 rings (SSSR count). The smallest absolute Gasteiger partial charge is 0.323 e. The van der Waals surface area contributed by atoms with E-state index < -0.39 is 16.1 Å². The van der Waals surface area contributed by atoms with E-state index in [0.717, 1.165) is 60.3 Å². The average molecular weight is 724 g/mol. The van der Waals surface area contributed by atoms with Gasteiger partial charge in [-0.1, -0.05) is 32.4 Å². The Balaban J connectivity index is 1.11. The molecule has 1 aromatic heterocycles. The van der Waals surface area contributed by atoms with Crippen molar-refractivity contribution in [3.8, 4) is 28.6 Å². The number of nitrogens with one attached hydrogen (secondary N) is 3. The standard InChI is InChI=1S/C35H42ClN7O6S/c1-35(2,3)21-17-27(32(48-4)28(18-21)41-50(5,46)47)38-34(45)37-26-10-12-30(24-8-6-7-23(24)26)49-16-15-42-13-14-43-31(20-42)39-40-33(43)25-19-22(36)9-11-29(25)44/h9-12,17-19,41,44H,6-8,13-16,20H2,1-5H3,(H2,37,38,45). The molecule has 0 saturated heterocycles. The van der Waals surface area contributed by atoms with Gasteiger partial charge in [-0.2, -0.15) is 0 Å². The third kappa shape index (κ3) is 7.77. The number of methoxy groups -OCH3 is 1. The van der Waals surface area contributed by atoms with E-state index in [1.54, 1.807) is 30.3 Å². The molecule has 4 N–H and O–H groups in total. The van der Waals surface area contributed by atoms with Crippen molar-refractivity contribution in [2.45, 2.75) is 58.5 Å². The van der Waals surface area contributed by atoms with Crippen molar-refractivity contribution in [1.82, 2.24) is 19.7 Å². The van der Waals surface area contributed by atoms with Gasteiger partial charge in [-0.25, -0.2) is 13.2 Å². The summed E-state index contributed by atoms with van der Waals surface area (Å²) < 4.78 is 40.6. The predicted octanol–water partition coefficient (Wildman–Crippen LogP) is 6.01. The molecule has 266 valence electrons. The minimum absolute atomic E-state index is 0.110. The molecule has 4 aromatic rings. The van der Waals surface area contributed by atoms with Gasteiger partial charge in [0, 0.05) is 30.3 Å². The van der Waals surface area contributed by atoms with E-state index in [0.29, 0.717) is 54.0 Å². The molecular weight excluding hydrogens is 682 g/mol. The second-order valence-electron chi connectivity index (χ2n) is 13.6. The lowest BCUT2D eigenvalue weighted by molar-refractivity contribution is 0.174. The number of hydrogen-bond acceptors (Lipinski definition) is 9. The lowest BCUT2D eigenvalue weighted by Crippen LogP contribution is -2.36. The minimum Gasteiger partial charge on any atom is -0.507 e. The highest BCUT2D eigenvalue weighted by Crippen LogP contribution is 2.40. The van der Waals surface area contributed by atoms with Crippen molar-refractivity contribution in [3.63, 3.8) is 0 Å². The molecule has 0 fully saturated rings. The number of phenolic OH excluding ortho intramolecular Hbond substituents is 1. The number of ether oxygens (including phenoxy) is 2. The summed E-state index contributed by atoms with van der Waals surface area (Å²) in [5, 5.41) is 25.4. The molecule has 2 heterocycles. The number of carbonyl (C=O) groups excluding carboxylic acids is 1. The summed E-state index contributed by atoms with van der Waals surface area (Å²) in [4.78, 5) is 15.6. The Hall–Kier alpha value is -4.53. The lowest BCUT2D eigenvalue weighted by atomic mass is 9.86. The predicted molar refractivity (Wildman–Crippen MR) is 194 cm³/mol. The number of anilines is 3. The summed E-state index contributed by atoms with van der Waals surface area (Å²) in [7, 11) is -2.18. The highest BCUT2D eigenvalue weighted by atomic mass is 35.5. The maximum atomic E-state index is 13.4. The van der Waals surface area contributed by atoms with E-state index in [2.05, 4.69) is 30.5 Å². The lowest BCUT2D eigenvalue weighted by Gasteiger charge is -2.27. The SMILES string of the molecule is COc1c(NC(=O)Nc2ccc(OCCN3CCn4c(nnc4-c4cc(Cl)ccc4O)C3)c3c2CCC3)cc(C(C)(C)C)cc1NS(C)(=O)=O. The molecule has 0 spiro atoms. The van der Waals surface area contributed by atoms with Crippen LogP contribution in [-0.2, 0) is 41.4 Å². The van der Waals surface area contributed by atoms with Crippen LogP contribution in [0.3, 0.4) is 0 Å². The molecule has 0 bridgehead atoms. The maximum absolute atomic E-state index is 13.4. The zero-order chi connectivity index (χ0) is 35.8. The molecule has 0 saturated carbocycles. The zero-order valence-electron chi connectivity index (χ0n) is 28.8. The van der Waals surface area contributed by atoms with Crippen LogP contribution in [0, 0.1) is 0 Å². The monoisotopic (exact) mass is 723 g/mol. The van der Waals surface area contributed by atoms with Gasteiger partial charge in [0.1, 0.15) is 23.9 Å². The Bertz CT molecular complexity index is 2040. The van der Waals surface area contributed by atoms with Gasteiger partial charge in [-0.3, -0.25) is 9.62 Å². The molecule has 0 radical (unpaired) electrons. The number of nitrogens with zero attached hydrogens (tertiary/aromatic N) is 4. The Kier molecular flexibility index (Phi) is 9.89. The maximum Gasteiger partial charge on any atom is 0.323 e. The number of fused-ring (bicyclic) bond motifs is 2. The zero-order valence-corrected chi connectivity index (χ0v) is 30.3. The van der Waals surface area contributed by atoms with Crippen LogP contribution >= 0.6 is 11.6 Å². The quantitative estimate of drug-likeness (QED) is 0.154. The first-order valence-electron chi connectivity index (χ1n) is 16.4. The van der Waals surface area contributed by atoms with Gasteiger partial charge < -0.3 is 29.8 Å². The van der Waals surface area contributed by atoms with E-state index in [9.17, 15) is 18.3 Å². The van der Waals surface area contributed by atoms with Crippen LogP contribution in [0.25, 0.3) is 11.4 Å². The van der Waals surface area contributed by atoms with E-state index in [1.807, 2.05) is 37.5 Å². The van der Waals surface area contributed by atoms with Crippen LogP contribution < -0.4 is 24.8 Å². The van der Waals surface area contributed by atoms with Gasteiger partial charge >= 0.3 is 6.03 Å². The Labute approximate surface area is 297 Å². The summed E-state index contributed by atoms with van der Waals surface area (Å²) in [5.41, 5.74) is 4.45. The number of carbonyl (C=O) groups is 1. The summed E-state index contributed by atoms with van der Waals surface area (Å²) in [6.45, 7) is 9.21. The van der Waals surface area contributed by atoms with Crippen molar-refractivity contribution in [3.05, 3.63) is 70.0 Å². The van der Waals surface area contributed by atoms with Crippen molar-refractivity contribution >= 4 is 44.7 Å². The first-order valence-corrected chi connectivity index (χ1v) is 18.7. The number of halogens is 1. The highest BCUT2D eigenvalue weighted by Gasteiger charge is 2.26. The average Bonchev–Trinajstić information content (AvgIpc) is 3.70. The molecule has 1 aliphatic heterocycles. The van der Waals surface area contributed by atoms with E-state index >= 15 is 0 Å². The number of aromatic hydroxyl groups is 1. The van der Waals surface area contributed by atoms with Gasteiger partial charge in [-0.05, 0) is 83.8 Å². The van der Waals surface area contributed by atoms with Gasteiger partial charge in [0.2, 0.25) is 10.0 Å². The largest absolute Gasteiger partial charge is 0.507 e. The third-order valence-corrected chi connectivity index (χ3v) is 9.72. The first-order chi connectivity index (χ1) is 23.7. The Morgan fingerprint density at radius 3 is 2.48 bits per heavy atom. The number of aromatic nitrogens is 3.